The molecule has 2 amide bonds. The molecule has 0 radical (unpaired) electrons. The standard InChI is InChI=1S/C25H24N2O3/c1-2-30-22-15-13-19(14-16-22)17-23(27-24(28)21-11-7-4-8-12-21)25(29)26-18-20-9-5-3-6-10-20/h3-17H,2,18H2,1H3,(H,26,29)(H,27,28). The first kappa shape index (κ1) is 20.9. The van der Waals surface area contributed by atoms with Gasteiger partial charge < -0.3 is 15.4 Å². The first-order valence-electron chi connectivity index (χ1n) is 9.79. The Bertz CT molecular complexity index is 998. The van der Waals surface area contributed by atoms with Crippen LogP contribution in [0, 0.1) is 0 Å². The van der Waals surface area contributed by atoms with Gasteiger partial charge in [-0.15, -0.1) is 0 Å². The van der Waals surface area contributed by atoms with Gasteiger partial charge in [0, 0.05) is 12.1 Å². The molecule has 3 aromatic carbocycles. The van der Waals surface area contributed by atoms with Crippen molar-refractivity contribution in [3.8, 4) is 5.75 Å². The monoisotopic (exact) mass is 400 g/mol. The van der Waals surface area contributed by atoms with E-state index in [0.717, 1.165) is 16.9 Å². The van der Waals surface area contributed by atoms with E-state index >= 15 is 0 Å². The predicted molar refractivity (Wildman–Crippen MR) is 118 cm³/mol. The van der Waals surface area contributed by atoms with Gasteiger partial charge in [-0.1, -0.05) is 60.7 Å². The number of carbonyl (C=O) groups excluding carboxylic acids is 2. The van der Waals surface area contributed by atoms with E-state index < -0.39 is 0 Å². The predicted octanol–water partition coefficient (Wildman–Crippen LogP) is 4.17. The first-order chi connectivity index (χ1) is 14.7. The van der Waals surface area contributed by atoms with Crippen molar-refractivity contribution in [3.05, 3.63) is 107 Å². The molecule has 0 aliphatic rings. The molecule has 0 spiro atoms. The van der Waals surface area contributed by atoms with Gasteiger partial charge in [-0.3, -0.25) is 9.59 Å². The molecule has 30 heavy (non-hydrogen) atoms. The Morgan fingerprint density at radius 2 is 1.50 bits per heavy atom. The van der Waals surface area contributed by atoms with Crippen LogP contribution in [-0.2, 0) is 11.3 Å². The summed E-state index contributed by atoms with van der Waals surface area (Å²) >= 11 is 0. The van der Waals surface area contributed by atoms with E-state index in [-0.39, 0.29) is 17.5 Å². The summed E-state index contributed by atoms with van der Waals surface area (Å²) in [6.45, 7) is 2.86. The van der Waals surface area contributed by atoms with E-state index in [4.69, 9.17) is 4.74 Å². The zero-order chi connectivity index (χ0) is 21.2. The van der Waals surface area contributed by atoms with E-state index in [1.165, 1.54) is 0 Å². The number of rotatable bonds is 8. The maximum Gasteiger partial charge on any atom is 0.268 e. The van der Waals surface area contributed by atoms with Crippen molar-refractivity contribution in [1.29, 1.82) is 0 Å². The Kier molecular flexibility index (Phi) is 7.39. The molecule has 2 N–H and O–H groups in total. The number of ether oxygens (including phenoxy) is 1. The topological polar surface area (TPSA) is 67.4 Å². The fraction of sp³-hybridized carbons (Fsp3) is 0.120. The summed E-state index contributed by atoms with van der Waals surface area (Å²) in [6, 6.07) is 25.7. The molecule has 0 unspecified atom stereocenters. The van der Waals surface area contributed by atoms with Crippen LogP contribution in [-0.4, -0.2) is 18.4 Å². The highest BCUT2D eigenvalue weighted by atomic mass is 16.5. The Balaban J connectivity index is 1.79. The van der Waals surface area contributed by atoms with Crippen LogP contribution in [0.15, 0.2) is 90.6 Å². The number of amides is 2. The Morgan fingerprint density at radius 3 is 2.13 bits per heavy atom. The Hall–Kier alpha value is -3.86. The highest BCUT2D eigenvalue weighted by molar-refractivity contribution is 6.05. The highest BCUT2D eigenvalue weighted by Gasteiger charge is 2.14. The van der Waals surface area contributed by atoms with Crippen LogP contribution in [0.2, 0.25) is 0 Å². The van der Waals surface area contributed by atoms with Gasteiger partial charge in [0.15, 0.2) is 0 Å². The molecular weight excluding hydrogens is 376 g/mol. The van der Waals surface area contributed by atoms with Crippen LogP contribution in [0.3, 0.4) is 0 Å². The second kappa shape index (κ2) is 10.6. The average Bonchev–Trinajstić information content (AvgIpc) is 2.79. The third-order valence-corrected chi connectivity index (χ3v) is 4.33. The summed E-state index contributed by atoms with van der Waals surface area (Å²) in [4.78, 5) is 25.4. The number of hydrogen-bond acceptors (Lipinski definition) is 3. The van der Waals surface area contributed by atoms with Gasteiger partial charge in [-0.2, -0.15) is 0 Å². The normalized spacial score (nSPS) is 10.9. The van der Waals surface area contributed by atoms with E-state index in [1.54, 1.807) is 30.3 Å². The minimum absolute atomic E-state index is 0.170. The molecule has 0 saturated heterocycles. The summed E-state index contributed by atoms with van der Waals surface area (Å²) in [7, 11) is 0. The number of nitrogens with one attached hydrogen (secondary N) is 2. The fourth-order valence-corrected chi connectivity index (χ4v) is 2.81. The van der Waals surface area contributed by atoms with Crippen molar-refractivity contribution < 1.29 is 14.3 Å². The minimum Gasteiger partial charge on any atom is -0.494 e. The largest absolute Gasteiger partial charge is 0.494 e. The van der Waals surface area contributed by atoms with Crippen molar-refractivity contribution in [2.75, 3.05) is 6.61 Å². The summed E-state index contributed by atoms with van der Waals surface area (Å²) in [5.41, 5.74) is 2.40. The molecule has 0 aliphatic carbocycles. The van der Waals surface area contributed by atoms with Crippen molar-refractivity contribution in [3.63, 3.8) is 0 Å². The summed E-state index contributed by atoms with van der Waals surface area (Å²) in [5.74, 6) is 0.0396. The van der Waals surface area contributed by atoms with E-state index in [2.05, 4.69) is 10.6 Å². The Morgan fingerprint density at radius 1 is 0.867 bits per heavy atom. The average molecular weight is 400 g/mol. The molecule has 0 saturated carbocycles. The van der Waals surface area contributed by atoms with Gasteiger partial charge in [-0.25, -0.2) is 0 Å². The molecule has 0 bridgehead atoms. The lowest BCUT2D eigenvalue weighted by atomic mass is 10.1. The molecule has 0 heterocycles. The number of hydrogen-bond donors (Lipinski definition) is 2. The zero-order valence-corrected chi connectivity index (χ0v) is 16.8. The summed E-state index contributed by atoms with van der Waals surface area (Å²) in [5, 5.41) is 5.60. The van der Waals surface area contributed by atoms with Crippen LogP contribution in [0.5, 0.6) is 5.75 Å². The lowest BCUT2D eigenvalue weighted by Crippen LogP contribution is -2.34. The van der Waals surface area contributed by atoms with Crippen molar-refractivity contribution in [2.24, 2.45) is 0 Å². The molecule has 0 fully saturated rings. The quantitative estimate of drug-likeness (QED) is 0.558. The fourth-order valence-electron chi connectivity index (χ4n) is 2.81. The molecule has 5 nitrogen and oxygen atoms in total. The maximum absolute atomic E-state index is 12.8. The van der Waals surface area contributed by atoms with E-state index in [0.29, 0.717) is 18.7 Å². The van der Waals surface area contributed by atoms with E-state index in [9.17, 15) is 9.59 Å². The lowest BCUT2D eigenvalue weighted by Gasteiger charge is -2.12. The molecule has 3 aromatic rings. The molecular formula is C25H24N2O3. The van der Waals surface area contributed by atoms with Crippen LogP contribution >= 0.6 is 0 Å². The van der Waals surface area contributed by atoms with Crippen LogP contribution < -0.4 is 15.4 Å². The lowest BCUT2D eigenvalue weighted by molar-refractivity contribution is -0.117. The van der Waals surface area contributed by atoms with Gasteiger partial charge in [-0.05, 0) is 48.4 Å². The van der Waals surface area contributed by atoms with Gasteiger partial charge in [0.1, 0.15) is 11.4 Å². The van der Waals surface area contributed by atoms with Crippen LogP contribution in [0.4, 0.5) is 0 Å². The van der Waals surface area contributed by atoms with Crippen molar-refractivity contribution >= 4 is 17.9 Å². The minimum atomic E-state index is -0.364. The van der Waals surface area contributed by atoms with Gasteiger partial charge in [0.2, 0.25) is 0 Å². The first-order valence-corrected chi connectivity index (χ1v) is 9.79. The van der Waals surface area contributed by atoms with Crippen LogP contribution in [0.25, 0.3) is 6.08 Å². The zero-order valence-electron chi connectivity index (χ0n) is 16.8. The molecule has 3 rings (SSSR count). The second-order valence-electron chi connectivity index (χ2n) is 6.55. The van der Waals surface area contributed by atoms with Crippen molar-refractivity contribution in [1.82, 2.24) is 10.6 Å². The number of benzene rings is 3. The Labute approximate surface area is 176 Å². The summed E-state index contributed by atoms with van der Waals surface area (Å²) in [6.07, 6.45) is 1.65. The maximum atomic E-state index is 12.8. The van der Waals surface area contributed by atoms with Gasteiger partial charge >= 0.3 is 0 Å². The van der Waals surface area contributed by atoms with Crippen molar-refractivity contribution in [2.45, 2.75) is 13.5 Å². The number of carbonyl (C=O) groups is 2. The van der Waals surface area contributed by atoms with Gasteiger partial charge in [0.05, 0.1) is 6.61 Å². The van der Waals surface area contributed by atoms with E-state index in [1.807, 2.05) is 67.6 Å². The SMILES string of the molecule is CCOc1ccc(C=C(NC(=O)c2ccccc2)C(=O)NCc2ccccc2)cc1. The molecule has 0 aliphatic heterocycles. The third-order valence-electron chi connectivity index (χ3n) is 4.33. The molecule has 0 aromatic heterocycles. The van der Waals surface area contributed by atoms with Crippen LogP contribution in [0.1, 0.15) is 28.4 Å². The van der Waals surface area contributed by atoms with Gasteiger partial charge in [0.25, 0.3) is 11.8 Å². The third kappa shape index (κ3) is 6.07. The molecule has 0 atom stereocenters. The summed E-state index contributed by atoms with van der Waals surface area (Å²) < 4.78 is 5.45. The smallest absolute Gasteiger partial charge is 0.268 e. The molecule has 152 valence electrons. The second-order valence-corrected chi connectivity index (χ2v) is 6.55. The highest BCUT2D eigenvalue weighted by Crippen LogP contribution is 2.14. The molecule has 5 heteroatoms.